The highest BCUT2D eigenvalue weighted by Crippen LogP contribution is 2.28. The van der Waals surface area contributed by atoms with Gasteiger partial charge in [0.05, 0.1) is 6.04 Å². The van der Waals surface area contributed by atoms with Gasteiger partial charge in [0.1, 0.15) is 0 Å². The van der Waals surface area contributed by atoms with Gasteiger partial charge in [0.15, 0.2) is 0 Å². The maximum atomic E-state index is 3.67. The Morgan fingerprint density at radius 2 is 1.79 bits per heavy atom. The highest BCUT2D eigenvalue weighted by molar-refractivity contribution is 5.51. The maximum Gasteiger partial charge on any atom is 0.0511 e. The van der Waals surface area contributed by atoms with E-state index in [0.29, 0.717) is 6.04 Å². The van der Waals surface area contributed by atoms with Crippen LogP contribution in [0, 0.1) is 0 Å². The van der Waals surface area contributed by atoms with E-state index in [1.165, 1.54) is 36.1 Å². The Kier molecular flexibility index (Phi) is 3.54. The van der Waals surface area contributed by atoms with Gasteiger partial charge in [0.25, 0.3) is 0 Å². The molecule has 0 radical (unpaired) electrons. The lowest BCUT2D eigenvalue weighted by Gasteiger charge is -2.19. The van der Waals surface area contributed by atoms with Crippen LogP contribution in [0.4, 0.5) is 5.69 Å². The molecule has 19 heavy (non-hydrogen) atoms. The molecule has 3 rings (SSSR count). The Bertz CT molecular complexity index is 545. The maximum absolute atomic E-state index is 3.67. The number of fused-ring (bicyclic) bond motifs is 1. The van der Waals surface area contributed by atoms with Crippen LogP contribution in [-0.2, 0) is 12.8 Å². The first kappa shape index (κ1) is 12.3. The second-order valence-electron chi connectivity index (χ2n) is 5.35. The van der Waals surface area contributed by atoms with Gasteiger partial charge >= 0.3 is 0 Å². The molecular formula is C18H21N. The van der Waals surface area contributed by atoms with Crippen molar-refractivity contribution in [1.29, 1.82) is 0 Å². The number of benzene rings is 2. The molecule has 1 heteroatoms. The van der Waals surface area contributed by atoms with E-state index in [0.717, 1.165) is 6.42 Å². The van der Waals surface area contributed by atoms with Crippen LogP contribution in [0.3, 0.4) is 0 Å². The number of aryl methyl sites for hydroxylation is 2. The summed E-state index contributed by atoms with van der Waals surface area (Å²) in [5.41, 5.74) is 5.70. The summed E-state index contributed by atoms with van der Waals surface area (Å²) < 4.78 is 0. The molecule has 1 aliphatic carbocycles. The van der Waals surface area contributed by atoms with Gasteiger partial charge in [0.2, 0.25) is 0 Å². The highest BCUT2D eigenvalue weighted by Gasteiger charge is 2.13. The van der Waals surface area contributed by atoms with Crippen LogP contribution >= 0.6 is 0 Å². The molecular weight excluding hydrogens is 230 g/mol. The second kappa shape index (κ2) is 5.48. The quantitative estimate of drug-likeness (QED) is 0.827. The van der Waals surface area contributed by atoms with Crippen molar-refractivity contribution in [3.8, 4) is 0 Å². The summed E-state index contributed by atoms with van der Waals surface area (Å²) in [6, 6.07) is 18.0. The Balaban J connectivity index is 1.80. The molecule has 1 N–H and O–H groups in total. The molecule has 0 heterocycles. The van der Waals surface area contributed by atoms with Crippen LogP contribution < -0.4 is 5.32 Å². The molecule has 1 atom stereocenters. The Labute approximate surface area is 115 Å². The average molecular weight is 251 g/mol. The van der Waals surface area contributed by atoms with Crippen molar-refractivity contribution >= 4 is 5.69 Å². The molecule has 0 saturated heterocycles. The van der Waals surface area contributed by atoms with Crippen molar-refractivity contribution in [2.75, 3.05) is 5.32 Å². The molecule has 2 aromatic rings. The van der Waals surface area contributed by atoms with E-state index < -0.39 is 0 Å². The molecule has 1 aliphatic rings. The third-order valence-electron chi connectivity index (χ3n) is 4.05. The topological polar surface area (TPSA) is 12.0 Å². The molecule has 0 spiro atoms. The fraction of sp³-hybridized carbons (Fsp3) is 0.333. The van der Waals surface area contributed by atoms with Crippen LogP contribution in [0.25, 0.3) is 0 Å². The number of rotatable bonds is 4. The number of hydrogen-bond acceptors (Lipinski definition) is 1. The fourth-order valence-electron chi connectivity index (χ4n) is 2.97. The minimum Gasteiger partial charge on any atom is -0.378 e. The van der Waals surface area contributed by atoms with Crippen molar-refractivity contribution in [3.05, 3.63) is 65.2 Å². The van der Waals surface area contributed by atoms with E-state index in [1.54, 1.807) is 5.56 Å². The molecule has 0 aliphatic heterocycles. The minimum absolute atomic E-state index is 0.403. The van der Waals surface area contributed by atoms with E-state index >= 15 is 0 Å². The summed E-state index contributed by atoms with van der Waals surface area (Å²) in [5.74, 6) is 0. The smallest absolute Gasteiger partial charge is 0.0511 e. The predicted molar refractivity (Wildman–Crippen MR) is 81.6 cm³/mol. The number of anilines is 1. The van der Waals surface area contributed by atoms with Gasteiger partial charge in [-0.2, -0.15) is 0 Å². The zero-order valence-corrected chi connectivity index (χ0v) is 11.5. The average Bonchev–Trinajstić information content (AvgIpc) is 2.93. The Morgan fingerprint density at radius 1 is 1.00 bits per heavy atom. The van der Waals surface area contributed by atoms with Crippen molar-refractivity contribution in [2.45, 2.75) is 38.6 Å². The van der Waals surface area contributed by atoms with E-state index in [1.807, 2.05) is 0 Å². The first-order valence-electron chi connectivity index (χ1n) is 7.30. The first-order chi connectivity index (χ1) is 9.36. The van der Waals surface area contributed by atoms with Gasteiger partial charge in [-0.25, -0.2) is 0 Å². The lowest BCUT2D eigenvalue weighted by atomic mass is 10.0. The van der Waals surface area contributed by atoms with Gasteiger partial charge in [0, 0.05) is 5.69 Å². The van der Waals surface area contributed by atoms with Crippen LogP contribution in [0.5, 0.6) is 0 Å². The summed E-state index contributed by atoms with van der Waals surface area (Å²) in [4.78, 5) is 0. The van der Waals surface area contributed by atoms with Crippen LogP contribution in [0.2, 0.25) is 0 Å². The van der Waals surface area contributed by atoms with Gasteiger partial charge in [-0.05, 0) is 54.5 Å². The fourth-order valence-corrected chi connectivity index (χ4v) is 2.97. The molecule has 0 bridgehead atoms. The van der Waals surface area contributed by atoms with Crippen molar-refractivity contribution in [3.63, 3.8) is 0 Å². The van der Waals surface area contributed by atoms with E-state index in [2.05, 4.69) is 60.8 Å². The second-order valence-corrected chi connectivity index (χ2v) is 5.35. The van der Waals surface area contributed by atoms with Crippen molar-refractivity contribution < 1.29 is 0 Å². The van der Waals surface area contributed by atoms with E-state index in [4.69, 9.17) is 0 Å². The van der Waals surface area contributed by atoms with E-state index in [9.17, 15) is 0 Å². The first-order valence-corrected chi connectivity index (χ1v) is 7.30. The number of nitrogens with one attached hydrogen (secondary N) is 1. The van der Waals surface area contributed by atoms with Gasteiger partial charge in [-0.15, -0.1) is 0 Å². The number of hydrogen-bond donors (Lipinski definition) is 1. The van der Waals surface area contributed by atoms with Crippen LogP contribution in [0.1, 0.15) is 42.5 Å². The molecule has 0 saturated carbocycles. The standard InChI is InChI=1S/C18H21N/c1-2-18(15-7-4-3-5-8-15)19-17-12-11-14-9-6-10-16(14)13-17/h3-5,7-8,11-13,18-19H,2,6,9-10H2,1H3. The summed E-state index contributed by atoms with van der Waals surface area (Å²) in [6.07, 6.45) is 4.91. The molecule has 2 aromatic carbocycles. The van der Waals surface area contributed by atoms with Crippen LogP contribution in [-0.4, -0.2) is 0 Å². The predicted octanol–water partition coefficient (Wildman–Crippen LogP) is 4.74. The third-order valence-corrected chi connectivity index (χ3v) is 4.05. The minimum atomic E-state index is 0.403. The molecule has 98 valence electrons. The largest absolute Gasteiger partial charge is 0.378 e. The lowest BCUT2D eigenvalue weighted by Crippen LogP contribution is -2.09. The third kappa shape index (κ3) is 2.65. The highest BCUT2D eigenvalue weighted by atomic mass is 14.9. The SMILES string of the molecule is CCC(Nc1ccc2c(c1)CCC2)c1ccccc1. The Hall–Kier alpha value is -1.76. The Morgan fingerprint density at radius 3 is 2.58 bits per heavy atom. The zero-order chi connectivity index (χ0) is 13.1. The zero-order valence-electron chi connectivity index (χ0n) is 11.5. The molecule has 1 unspecified atom stereocenters. The monoisotopic (exact) mass is 251 g/mol. The lowest BCUT2D eigenvalue weighted by molar-refractivity contribution is 0.749. The molecule has 0 amide bonds. The molecule has 1 nitrogen and oxygen atoms in total. The summed E-state index contributed by atoms with van der Waals surface area (Å²) >= 11 is 0. The van der Waals surface area contributed by atoms with Gasteiger partial charge < -0.3 is 5.32 Å². The molecule has 0 fully saturated rings. The van der Waals surface area contributed by atoms with Crippen molar-refractivity contribution in [1.82, 2.24) is 0 Å². The summed E-state index contributed by atoms with van der Waals surface area (Å²) in [6.45, 7) is 2.23. The van der Waals surface area contributed by atoms with Crippen LogP contribution in [0.15, 0.2) is 48.5 Å². The molecule has 0 aromatic heterocycles. The van der Waals surface area contributed by atoms with Gasteiger partial charge in [-0.3, -0.25) is 0 Å². The summed E-state index contributed by atoms with van der Waals surface area (Å²) in [5, 5.41) is 3.67. The summed E-state index contributed by atoms with van der Waals surface area (Å²) in [7, 11) is 0. The van der Waals surface area contributed by atoms with Gasteiger partial charge in [-0.1, -0.05) is 43.3 Å². The van der Waals surface area contributed by atoms with E-state index in [-0.39, 0.29) is 0 Å². The normalized spacial score (nSPS) is 15.0. The van der Waals surface area contributed by atoms with Crippen molar-refractivity contribution in [2.24, 2.45) is 0 Å².